The van der Waals surface area contributed by atoms with Crippen LogP contribution < -0.4 is 0 Å². The number of nitrogens with zero attached hydrogens (tertiary/aromatic N) is 3. The van der Waals surface area contributed by atoms with Gasteiger partial charge in [0.05, 0.1) is 0 Å². The van der Waals surface area contributed by atoms with Crippen LogP contribution in [0.25, 0.3) is 73.0 Å². The number of hydrogen-bond donors (Lipinski definition) is 1. The minimum atomic E-state index is 0.272. The van der Waals surface area contributed by atoms with Crippen LogP contribution in [0.3, 0.4) is 0 Å². The molecule has 3 atom stereocenters. The van der Waals surface area contributed by atoms with Crippen molar-refractivity contribution in [2.24, 2.45) is 11.8 Å². The average molecular weight is 760 g/mol. The second kappa shape index (κ2) is 14.3. The van der Waals surface area contributed by atoms with Gasteiger partial charge in [-0.3, -0.25) is 0 Å². The topological polar surface area (TPSA) is 58.9 Å². The Morgan fingerprint density at radius 2 is 1.22 bits per heavy atom. The Balaban J connectivity index is 0.934. The zero-order chi connectivity index (χ0) is 39.5. The lowest BCUT2D eigenvalue weighted by Gasteiger charge is -2.27. The van der Waals surface area contributed by atoms with Crippen LogP contribution in [0.5, 0.6) is 0 Å². The molecule has 0 amide bonds. The summed E-state index contributed by atoms with van der Waals surface area (Å²) in [5.41, 5.74) is 14.9. The second-order valence-corrected chi connectivity index (χ2v) is 16.1. The maximum Gasteiger partial charge on any atom is 0.164 e. The smallest absolute Gasteiger partial charge is 0.164 e. The van der Waals surface area contributed by atoms with Gasteiger partial charge < -0.3 is 5.11 Å². The van der Waals surface area contributed by atoms with Gasteiger partial charge in [-0.15, -0.1) is 0 Å². The molecular formula is C55H41N3O. The van der Waals surface area contributed by atoms with Crippen LogP contribution in [0.1, 0.15) is 47.9 Å². The van der Waals surface area contributed by atoms with Gasteiger partial charge in [0.25, 0.3) is 0 Å². The van der Waals surface area contributed by atoms with Gasteiger partial charge in [0.2, 0.25) is 0 Å². The molecule has 4 aliphatic rings. The third kappa shape index (κ3) is 6.38. The molecule has 3 unspecified atom stereocenters. The molecule has 0 radical (unpaired) electrons. The van der Waals surface area contributed by atoms with Crippen LogP contribution in [0.15, 0.2) is 193 Å². The molecule has 7 aromatic rings. The van der Waals surface area contributed by atoms with Crippen molar-refractivity contribution in [2.45, 2.75) is 25.7 Å². The van der Waals surface area contributed by atoms with Crippen molar-refractivity contribution in [3.63, 3.8) is 0 Å². The molecule has 0 spiro atoms. The van der Waals surface area contributed by atoms with Crippen LogP contribution in [0.2, 0.25) is 0 Å². The molecule has 6 aromatic carbocycles. The predicted octanol–water partition coefficient (Wildman–Crippen LogP) is 13.6. The van der Waals surface area contributed by atoms with Gasteiger partial charge >= 0.3 is 0 Å². The largest absolute Gasteiger partial charge is 0.507 e. The number of allylic oxidation sites excluding steroid dienone is 11. The SMILES string of the molecule is CC1=C(/C=C(\O)c2cccc(-c3ccc(-c4nc(-c5ccccc5)nc(-c5ccccc5)n4)cc3)c2)c2cc(C3=CC=C4C=CC=CC4C3)c3ccccc3c2C2CC12. The minimum Gasteiger partial charge on any atom is -0.507 e. The van der Waals surface area contributed by atoms with Crippen molar-refractivity contribution < 1.29 is 5.11 Å². The minimum absolute atomic E-state index is 0.272. The highest BCUT2D eigenvalue weighted by atomic mass is 16.3. The zero-order valence-corrected chi connectivity index (χ0v) is 32.8. The summed E-state index contributed by atoms with van der Waals surface area (Å²) in [5.74, 6) is 3.60. The van der Waals surface area contributed by atoms with E-state index in [-0.39, 0.29) is 5.76 Å². The van der Waals surface area contributed by atoms with E-state index in [0.29, 0.717) is 35.2 Å². The standard InChI is InChI=1S/C55H41N3O/c1-34-46-31-49(46)52-45-22-11-10-21-44(45)48(42-28-25-35-13-8-9-18-40(35)29-42)32-50(52)47(34)33-51(59)43-20-12-19-41(30-43)36-23-26-39(27-24-36)55-57-53(37-14-4-2-5-15-37)56-54(58-55)38-16-6-3-7-17-38/h2-28,30,32-33,40,46,49,59H,29,31H2,1H3/b51-33-. The molecule has 0 saturated heterocycles. The number of aliphatic hydroxyl groups is 1. The van der Waals surface area contributed by atoms with E-state index in [1.807, 2.05) is 78.9 Å². The summed E-state index contributed by atoms with van der Waals surface area (Å²) in [6, 6.07) is 48.0. The number of aromatic nitrogens is 3. The number of hydrogen-bond acceptors (Lipinski definition) is 4. The van der Waals surface area contributed by atoms with E-state index in [0.717, 1.165) is 51.8 Å². The van der Waals surface area contributed by atoms with Crippen LogP contribution in [-0.4, -0.2) is 20.1 Å². The molecule has 1 aromatic heterocycles. The monoisotopic (exact) mass is 759 g/mol. The summed E-state index contributed by atoms with van der Waals surface area (Å²) in [6.07, 6.45) is 17.6. The molecule has 282 valence electrons. The number of benzene rings is 6. The third-order valence-electron chi connectivity index (χ3n) is 12.6. The van der Waals surface area contributed by atoms with E-state index < -0.39 is 0 Å². The first-order valence-electron chi connectivity index (χ1n) is 20.6. The lowest BCUT2D eigenvalue weighted by molar-refractivity contribution is 0.512. The van der Waals surface area contributed by atoms with Crippen molar-refractivity contribution in [3.8, 4) is 45.3 Å². The highest BCUT2D eigenvalue weighted by Gasteiger charge is 2.46. The molecule has 1 saturated carbocycles. The molecule has 59 heavy (non-hydrogen) atoms. The lowest BCUT2D eigenvalue weighted by atomic mass is 9.77. The first-order chi connectivity index (χ1) is 29.1. The van der Waals surface area contributed by atoms with Crippen molar-refractivity contribution in [2.75, 3.05) is 0 Å². The van der Waals surface area contributed by atoms with Crippen LogP contribution in [0.4, 0.5) is 0 Å². The van der Waals surface area contributed by atoms with Crippen molar-refractivity contribution in [3.05, 3.63) is 215 Å². The fourth-order valence-electron chi connectivity index (χ4n) is 9.38. The highest BCUT2D eigenvalue weighted by Crippen LogP contribution is 2.61. The van der Waals surface area contributed by atoms with Crippen molar-refractivity contribution >= 4 is 27.7 Å². The van der Waals surface area contributed by atoms with E-state index in [2.05, 4.69) is 110 Å². The fraction of sp³-hybridized carbons (Fsp3) is 0.109. The molecule has 0 bridgehead atoms. The van der Waals surface area contributed by atoms with Crippen LogP contribution in [-0.2, 0) is 0 Å². The zero-order valence-electron chi connectivity index (χ0n) is 32.8. The fourth-order valence-corrected chi connectivity index (χ4v) is 9.38. The molecule has 11 rings (SSSR count). The molecule has 0 aliphatic heterocycles. The van der Waals surface area contributed by atoms with Crippen molar-refractivity contribution in [1.82, 2.24) is 15.0 Å². The summed E-state index contributed by atoms with van der Waals surface area (Å²) in [7, 11) is 0. The summed E-state index contributed by atoms with van der Waals surface area (Å²) in [5, 5.41) is 14.6. The summed E-state index contributed by atoms with van der Waals surface area (Å²) >= 11 is 0. The Labute approximate surface area is 344 Å². The Morgan fingerprint density at radius 3 is 1.93 bits per heavy atom. The summed E-state index contributed by atoms with van der Waals surface area (Å²) in [6.45, 7) is 2.27. The average Bonchev–Trinajstić information content (AvgIpc) is 4.12. The quantitative estimate of drug-likeness (QED) is 0.164. The van der Waals surface area contributed by atoms with Gasteiger partial charge in [0.1, 0.15) is 5.76 Å². The number of rotatable bonds is 7. The lowest BCUT2D eigenvalue weighted by Crippen LogP contribution is -2.09. The Bertz CT molecular complexity index is 2950. The van der Waals surface area contributed by atoms with Crippen molar-refractivity contribution in [1.29, 1.82) is 0 Å². The molecule has 1 N–H and O–H groups in total. The van der Waals surface area contributed by atoms with Crippen LogP contribution >= 0.6 is 0 Å². The maximum absolute atomic E-state index is 12.0. The van der Waals surface area contributed by atoms with Gasteiger partial charge in [-0.2, -0.15) is 0 Å². The van der Waals surface area contributed by atoms with E-state index in [1.165, 1.54) is 44.2 Å². The summed E-state index contributed by atoms with van der Waals surface area (Å²) in [4.78, 5) is 14.7. The van der Waals surface area contributed by atoms with Crippen LogP contribution in [0, 0.1) is 11.8 Å². The van der Waals surface area contributed by atoms with E-state index >= 15 is 0 Å². The Morgan fingerprint density at radius 1 is 0.593 bits per heavy atom. The van der Waals surface area contributed by atoms with E-state index in [1.54, 1.807) is 0 Å². The molecule has 4 aliphatic carbocycles. The molecule has 1 fully saturated rings. The van der Waals surface area contributed by atoms with E-state index in [4.69, 9.17) is 15.0 Å². The number of aliphatic hydroxyl groups excluding tert-OH is 1. The predicted molar refractivity (Wildman–Crippen MR) is 242 cm³/mol. The first-order valence-corrected chi connectivity index (χ1v) is 20.6. The molecule has 4 nitrogen and oxygen atoms in total. The number of fused-ring (bicyclic) bond motifs is 6. The van der Waals surface area contributed by atoms with Gasteiger partial charge in [0.15, 0.2) is 17.5 Å². The summed E-state index contributed by atoms with van der Waals surface area (Å²) < 4.78 is 0. The maximum atomic E-state index is 12.0. The normalized spacial score (nSPS) is 19.1. The highest BCUT2D eigenvalue weighted by molar-refractivity contribution is 6.03. The van der Waals surface area contributed by atoms with Gasteiger partial charge in [-0.05, 0) is 105 Å². The first kappa shape index (κ1) is 35.0. The van der Waals surface area contributed by atoms with E-state index in [9.17, 15) is 5.11 Å². The van der Waals surface area contributed by atoms with Gasteiger partial charge in [-0.1, -0.05) is 169 Å². The molecular weight excluding hydrogens is 719 g/mol. The van der Waals surface area contributed by atoms with Gasteiger partial charge in [0, 0.05) is 28.2 Å². The van der Waals surface area contributed by atoms with Gasteiger partial charge in [-0.25, -0.2) is 15.0 Å². The third-order valence-corrected chi connectivity index (χ3v) is 12.6. The molecule has 4 heteroatoms. The second-order valence-electron chi connectivity index (χ2n) is 16.1. The Kier molecular flexibility index (Phi) is 8.51. The Hall–Kier alpha value is -7.17. The molecule has 1 heterocycles.